The lowest BCUT2D eigenvalue weighted by molar-refractivity contribution is 0.0634. The number of hydrogen-bond acceptors (Lipinski definition) is 4. The van der Waals surface area contributed by atoms with Crippen LogP contribution in [0.25, 0.3) is 10.4 Å². The van der Waals surface area contributed by atoms with Gasteiger partial charge in [-0.1, -0.05) is 23.7 Å². The van der Waals surface area contributed by atoms with Crippen molar-refractivity contribution < 1.29 is 9.18 Å². The van der Waals surface area contributed by atoms with Crippen molar-refractivity contribution >= 4 is 40.2 Å². The molecule has 0 aliphatic carbocycles. The fraction of sp³-hybridized carbons (Fsp3) is 0.250. The van der Waals surface area contributed by atoms with Crippen LogP contribution in [0.3, 0.4) is 0 Å². The highest BCUT2D eigenvalue weighted by molar-refractivity contribution is 7.17. The first-order chi connectivity index (χ1) is 13.1. The van der Waals surface area contributed by atoms with E-state index < -0.39 is 0 Å². The molecule has 7 heteroatoms. The molecule has 3 nitrogen and oxygen atoms in total. The van der Waals surface area contributed by atoms with E-state index >= 15 is 0 Å². The minimum Gasteiger partial charge on any atom is -0.335 e. The average molecular weight is 421 g/mol. The summed E-state index contributed by atoms with van der Waals surface area (Å²) in [5.74, 6) is -0.179. The van der Waals surface area contributed by atoms with Crippen LogP contribution >= 0.6 is 34.3 Å². The van der Waals surface area contributed by atoms with Gasteiger partial charge in [0, 0.05) is 42.5 Å². The van der Waals surface area contributed by atoms with Gasteiger partial charge >= 0.3 is 0 Å². The number of piperazine rings is 1. The van der Waals surface area contributed by atoms with Gasteiger partial charge in [0.15, 0.2) is 0 Å². The minimum atomic E-state index is -0.255. The van der Waals surface area contributed by atoms with E-state index in [2.05, 4.69) is 11.0 Å². The van der Waals surface area contributed by atoms with Gasteiger partial charge < -0.3 is 4.90 Å². The van der Waals surface area contributed by atoms with Gasteiger partial charge in [0.1, 0.15) is 5.82 Å². The molecule has 140 valence electrons. The monoisotopic (exact) mass is 420 g/mol. The lowest BCUT2D eigenvalue weighted by Gasteiger charge is -2.34. The Labute approximate surface area is 170 Å². The van der Waals surface area contributed by atoms with Crippen molar-refractivity contribution in [3.63, 3.8) is 0 Å². The average Bonchev–Trinajstić information content (AvgIpc) is 3.32. The number of carbonyl (C=O) groups excluding carboxylic acids is 1. The molecule has 0 atom stereocenters. The maximum absolute atomic E-state index is 13.1. The predicted molar refractivity (Wildman–Crippen MR) is 110 cm³/mol. The highest BCUT2D eigenvalue weighted by atomic mass is 35.5. The number of halogens is 2. The number of rotatable bonds is 4. The molecule has 3 heterocycles. The summed E-state index contributed by atoms with van der Waals surface area (Å²) in [6, 6.07) is 14.2. The molecular formula is C20H18ClFN2OS2. The summed E-state index contributed by atoms with van der Waals surface area (Å²) in [6.45, 7) is 4.05. The van der Waals surface area contributed by atoms with Gasteiger partial charge in [0.25, 0.3) is 5.91 Å². The van der Waals surface area contributed by atoms with Crippen LogP contribution in [-0.4, -0.2) is 41.9 Å². The van der Waals surface area contributed by atoms with Crippen LogP contribution in [0.2, 0.25) is 4.34 Å². The Morgan fingerprint density at radius 1 is 0.963 bits per heavy atom. The summed E-state index contributed by atoms with van der Waals surface area (Å²) < 4.78 is 13.9. The van der Waals surface area contributed by atoms with Crippen LogP contribution in [0, 0.1) is 5.82 Å². The first kappa shape index (κ1) is 18.6. The summed E-state index contributed by atoms with van der Waals surface area (Å²) in [7, 11) is 0. The van der Waals surface area contributed by atoms with E-state index in [1.54, 1.807) is 23.5 Å². The van der Waals surface area contributed by atoms with Crippen molar-refractivity contribution in [2.24, 2.45) is 0 Å². The summed E-state index contributed by atoms with van der Waals surface area (Å²) in [5, 5.41) is 0. The summed E-state index contributed by atoms with van der Waals surface area (Å²) >= 11 is 9.06. The standard InChI is InChI=1S/C20H18ClFN2OS2/c21-19-8-5-16(26-19)13-23-9-11-24(12-10-23)20(25)18-7-6-17(27-18)14-1-3-15(22)4-2-14/h1-8H,9-13H2. The van der Waals surface area contributed by atoms with Gasteiger partial charge in [-0.05, 0) is 42.0 Å². The molecule has 1 amide bonds. The molecule has 4 rings (SSSR count). The lowest BCUT2D eigenvalue weighted by atomic mass is 10.2. The van der Waals surface area contributed by atoms with Gasteiger partial charge in [0.2, 0.25) is 0 Å². The molecule has 3 aromatic rings. The lowest BCUT2D eigenvalue weighted by Crippen LogP contribution is -2.48. The molecule has 1 aliphatic rings. The molecule has 0 saturated carbocycles. The predicted octanol–water partition coefficient (Wildman–Crippen LogP) is 5.23. The third-order valence-electron chi connectivity index (χ3n) is 4.61. The van der Waals surface area contributed by atoms with Crippen LogP contribution in [0.5, 0.6) is 0 Å². The Kier molecular flexibility index (Phi) is 5.59. The first-order valence-corrected chi connectivity index (χ1v) is 10.7. The van der Waals surface area contributed by atoms with Crippen molar-refractivity contribution in [1.82, 2.24) is 9.80 Å². The van der Waals surface area contributed by atoms with Gasteiger partial charge in [-0.25, -0.2) is 4.39 Å². The Morgan fingerprint density at radius 3 is 2.37 bits per heavy atom. The molecule has 1 fully saturated rings. The maximum Gasteiger partial charge on any atom is 0.264 e. The highest BCUT2D eigenvalue weighted by Crippen LogP contribution is 2.29. The zero-order valence-electron chi connectivity index (χ0n) is 14.5. The van der Waals surface area contributed by atoms with Crippen molar-refractivity contribution in [2.45, 2.75) is 6.54 Å². The molecule has 1 saturated heterocycles. The van der Waals surface area contributed by atoms with Gasteiger partial charge in [-0.2, -0.15) is 0 Å². The third kappa shape index (κ3) is 4.41. The number of benzene rings is 1. The van der Waals surface area contributed by atoms with Crippen molar-refractivity contribution in [3.05, 3.63) is 68.4 Å². The Hall–Kier alpha value is -1.73. The summed E-state index contributed by atoms with van der Waals surface area (Å²) in [6.07, 6.45) is 0. The normalized spacial score (nSPS) is 15.3. The van der Waals surface area contributed by atoms with Crippen LogP contribution < -0.4 is 0 Å². The Bertz CT molecular complexity index is 930. The molecule has 2 aromatic heterocycles. The van der Waals surface area contributed by atoms with E-state index in [-0.39, 0.29) is 11.7 Å². The van der Waals surface area contributed by atoms with E-state index in [1.807, 2.05) is 23.1 Å². The number of amides is 1. The molecule has 27 heavy (non-hydrogen) atoms. The maximum atomic E-state index is 13.1. The highest BCUT2D eigenvalue weighted by Gasteiger charge is 2.23. The fourth-order valence-corrected chi connectivity index (χ4v) is 5.25. The van der Waals surface area contributed by atoms with Crippen LogP contribution in [0.1, 0.15) is 14.5 Å². The van der Waals surface area contributed by atoms with E-state index in [9.17, 15) is 9.18 Å². The van der Waals surface area contributed by atoms with Gasteiger partial charge in [-0.3, -0.25) is 9.69 Å². The van der Waals surface area contributed by atoms with Crippen molar-refractivity contribution in [1.29, 1.82) is 0 Å². The van der Waals surface area contributed by atoms with Crippen LogP contribution in [0.15, 0.2) is 48.5 Å². The number of nitrogens with zero attached hydrogens (tertiary/aromatic N) is 2. The quantitative estimate of drug-likeness (QED) is 0.577. The number of thiophene rings is 2. The molecule has 1 aliphatic heterocycles. The first-order valence-electron chi connectivity index (χ1n) is 8.70. The summed E-state index contributed by atoms with van der Waals surface area (Å²) in [5.41, 5.74) is 0.930. The summed E-state index contributed by atoms with van der Waals surface area (Å²) in [4.78, 5) is 20.0. The topological polar surface area (TPSA) is 23.6 Å². The Balaban J connectivity index is 1.36. The fourth-order valence-electron chi connectivity index (χ4n) is 3.14. The van der Waals surface area contributed by atoms with E-state index in [4.69, 9.17) is 11.6 Å². The zero-order valence-corrected chi connectivity index (χ0v) is 16.9. The molecule has 1 aromatic carbocycles. The van der Waals surface area contributed by atoms with Crippen molar-refractivity contribution in [2.75, 3.05) is 26.2 Å². The molecule has 0 bridgehead atoms. The van der Waals surface area contributed by atoms with Crippen LogP contribution in [0.4, 0.5) is 4.39 Å². The van der Waals surface area contributed by atoms with Crippen molar-refractivity contribution in [3.8, 4) is 10.4 Å². The van der Waals surface area contributed by atoms with E-state index in [1.165, 1.54) is 28.3 Å². The largest absolute Gasteiger partial charge is 0.335 e. The smallest absolute Gasteiger partial charge is 0.264 e. The second-order valence-electron chi connectivity index (χ2n) is 6.44. The van der Waals surface area contributed by atoms with Gasteiger partial charge in [-0.15, -0.1) is 22.7 Å². The number of hydrogen-bond donors (Lipinski definition) is 0. The molecule has 0 radical (unpaired) electrons. The molecule has 0 spiro atoms. The van der Waals surface area contributed by atoms with Crippen LogP contribution in [-0.2, 0) is 6.54 Å². The zero-order chi connectivity index (χ0) is 18.8. The number of carbonyl (C=O) groups is 1. The molecular weight excluding hydrogens is 403 g/mol. The molecule has 0 N–H and O–H groups in total. The second-order valence-corrected chi connectivity index (χ2v) is 9.33. The minimum absolute atomic E-state index is 0.0761. The second kappa shape index (κ2) is 8.10. The molecule has 0 unspecified atom stereocenters. The Morgan fingerprint density at radius 2 is 1.70 bits per heavy atom. The van der Waals surface area contributed by atoms with E-state index in [0.29, 0.717) is 0 Å². The third-order valence-corrected chi connectivity index (χ3v) is 6.95. The van der Waals surface area contributed by atoms with E-state index in [0.717, 1.165) is 52.4 Å². The SMILES string of the molecule is O=C(c1ccc(-c2ccc(F)cc2)s1)N1CCN(Cc2ccc(Cl)s2)CC1. The van der Waals surface area contributed by atoms with Gasteiger partial charge in [0.05, 0.1) is 9.21 Å².